The summed E-state index contributed by atoms with van der Waals surface area (Å²) in [5.41, 5.74) is 6.18. The number of hydrogen-bond donors (Lipinski definition) is 1. The highest BCUT2D eigenvalue weighted by atomic mass is 16.6. The van der Waals surface area contributed by atoms with E-state index in [2.05, 4.69) is 0 Å². The molecule has 0 bridgehead atoms. The lowest BCUT2D eigenvalue weighted by molar-refractivity contribution is 0.0721. The largest absolute Gasteiger partial charge is 0.379 e. The molecule has 30 heavy (non-hydrogen) atoms. The first-order chi connectivity index (χ1) is 14.6. The monoisotopic (exact) mass is 420 g/mol. The molecule has 2 saturated heterocycles. The lowest BCUT2D eigenvalue weighted by Gasteiger charge is -2.23. The number of nitrogens with two attached hydrogens (primary N) is 1. The van der Waals surface area contributed by atoms with Crippen LogP contribution >= 0.6 is 0 Å². The number of amides is 2. The maximum atomic E-state index is 13.0. The van der Waals surface area contributed by atoms with Crippen LogP contribution in [0.15, 0.2) is 24.3 Å². The van der Waals surface area contributed by atoms with Gasteiger partial charge in [-0.05, 0) is 43.9 Å². The van der Waals surface area contributed by atoms with Crippen molar-refractivity contribution in [1.82, 2.24) is 4.90 Å². The molecule has 2 N–H and O–H groups in total. The van der Waals surface area contributed by atoms with Gasteiger partial charge in [0.05, 0.1) is 26.4 Å². The van der Waals surface area contributed by atoms with E-state index in [1.165, 1.54) is 0 Å². The zero-order valence-corrected chi connectivity index (χ0v) is 17.4. The van der Waals surface area contributed by atoms with Gasteiger partial charge in [-0.3, -0.25) is 9.59 Å². The highest BCUT2D eigenvalue weighted by molar-refractivity contribution is 5.99. The number of rotatable bonds is 16. The standard InChI is InChI=1S/C22H32N2O6/c23-21(25)17-6-5-7-18(12-17)22(26)24(8-1-3-10-27-13-19-15-29-19)9-2-4-11-28-14-20-16-30-20/h5-7,12,19-20H,1-4,8-11,13-16H2,(H2,23,25). The fourth-order valence-electron chi connectivity index (χ4n) is 3.07. The molecule has 3 rings (SSSR count). The molecule has 166 valence electrons. The van der Waals surface area contributed by atoms with Gasteiger partial charge in [-0.1, -0.05) is 6.07 Å². The molecule has 2 unspecified atom stereocenters. The molecule has 0 aliphatic carbocycles. The van der Waals surface area contributed by atoms with Crippen molar-refractivity contribution >= 4 is 11.8 Å². The zero-order valence-electron chi connectivity index (χ0n) is 17.4. The van der Waals surface area contributed by atoms with E-state index in [0.29, 0.717) is 50.6 Å². The van der Waals surface area contributed by atoms with Crippen LogP contribution in [0.25, 0.3) is 0 Å². The van der Waals surface area contributed by atoms with Gasteiger partial charge in [-0.2, -0.15) is 0 Å². The third kappa shape index (κ3) is 8.39. The van der Waals surface area contributed by atoms with Crippen molar-refractivity contribution < 1.29 is 28.5 Å². The number of primary amides is 1. The van der Waals surface area contributed by atoms with Gasteiger partial charge in [0.2, 0.25) is 5.91 Å². The summed E-state index contributed by atoms with van der Waals surface area (Å²) in [4.78, 5) is 26.3. The first-order valence-corrected chi connectivity index (χ1v) is 10.7. The third-order valence-corrected chi connectivity index (χ3v) is 5.03. The quantitative estimate of drug-likeness (QED) is 0.322. The van der Waals surface area contributed by atoms with E-state index in [1.807, 2.05) is 4.90 Å². The van der Waals surface area contributed by atoms with Crippen molar-refractivity contribution in [2.24, 2.45) is 5.73 Å². The van der Waals surface area contributed by atoms with Gasteiger partial charge < -0.3 is 29.6 Å². The lowest BCUT2D eigenvalue weighted by atomic mass is 10.1. The molecule has 8 heteroatoms. The summed E-state index contributed by atoms with van der Waals surface area (Å²) < 4.78 is 21.4. The first kappa shape index (κ1) is 22.7. The third-order valence-electron chi connectivity index (χ3n) is 5.03. The number of carbonyl (C=O) groups excluding carboxylic acids is 2. The Balaban J connectivity index is 1.44. The van der Waals surface area contributed by atoms with Gasteiger partial charge in [-0.15, -0.1) is 0 Å². The van der Waals surface area contributed by atoms with E-state index in [9.17, 15) is 9.59 Å². The number of nitrogens with zero attached hydrogens (tertiary/aromatic N) is 1. The van der Waals surface area contributed by atoms with E-state index in [0.717, 1.165) is 38.9 Å². The molecule has 2 fully saturated rings. The molecule has 8 nitrogen and oxygen atoms in total. The SMILES string of the molecule is NC(=O)c1cccc(C(=O)N(CCCCOCC2CO2)CCCCOCC2CO2)c1. The molecule has 0 radical (unpaired) electrons. The summed E-state index contributed by atoms with van der Waals surface area (Å²) in [6.45, 7) is 5.49. The van der Waals surface area contributed by atoms with E-state index < -0.39 is 5.91 Å². The predicted octanol–water partition coefficient (Wildman–Crippen LogP) is 1.62. The van der Waals surface area contributed by atoms with Crippen molar-refractivity contribution in [2.75, 3.05) is 52.7 Å². The fourth-order valence-corrected chi connectivity index (χ4v) is 3.07. The van der Waals surface area contributed by atoms with Crippen molar-refractivity contribution in [3.8, 4) is 0 Å². The Hall–Kier alpha value is -2.00. The average Bonchev–Trinajstić information content (AvgIpc) is 3.66. The van der Waals surface area contributed by atoms with Gasteiger partial charge in [0.15, 0.2) is 0 Å². The Bertz CT molecular complexity index is 666. The number of carbonyl (C=O) groups is 2. The maximum absolute atomic E-state index is 13.0. The smallest absolute Gasteiger partial charge is 0.253 e. The molecule has 2 amide bonds. The van der Waals surface area contributed by atoms with Gasteiger partial charge in [0.25, 0.3) is 5.91 Å². The van der Waals surface area contributed by atoms with E-state index in [-0.39, 0.29) is 18.1 Å². The molecule has 0 spiro atoms. The zero-order chi connectivity index (χ0) is 21.2. The molecule has 0 aromatic heterocycles. The Labute approximate surface area is 177 Å². The van der Waals surface area contributed by atoms with Gasteiger partial charge in [0.1, 0.15) is 12.2 Å². The van der Waals surface area contributed by atoms with Crippen LogP contribution in [0.1, 0.15) is 46.4 Å². The van der Waals surface area contributed by atoms with E-state index in [4.69, 9.17) is 24.7 Å². The van der Waals surface area contributed by atoms with Crippen molar-refractivity contribution in [3.05, 3.63) is 35.4 Å². The van der Waals surface area contributed by atoms with Crippen LogP contribution < -0.4 is 5.73 Å². The van der Waals surface area contributed by atoms with E-state index in [1.54, 1.807) is 24.3 Å². The average molecular weight is 421 g/mol. The molecular formula is C22H32N2O6. The number of benzene rings is 1. The Morgan fingerprint density at radius 2 is 1.47 bits per heavy atom. The van der Waals surface area contributed by atoms with Crippen LogP contribution in [0.4, 0.5) is 0 Å². The minimum atomic E-state index is -0.537. The summed E-state index contributed by atoms with van der Waals surface area (Å²) in [6.07, 6.45) is 4.00. The summed E-state index contributed by atoms with van der Waals surface area (Å²) >= 11 is 0. The minimum absolute atomic E-state index is 0.0855. The summed E-state index contributed by atoms with van der Waals surface area (Å²) in [5.74, 6) is -0.623. The summed E-state index contributed by atoms with van der Waals surface area (Å²) in [5, 5.41) is 0. The van der Waals surface area contributed by atoms with Crippen molar-refractivity contribution in [3.63, 3.8) is 0 Å². The normalized spacial score (nSPS) is 19.5. The molecule has 2 heterocycles. The summed E-state index contributed by atoms with van der Waals surface area (Å²) in [6, 6.07) is 6.59. The number of unbranched alkanes of at least 4 members (excludes halogenated alkanes) is 2. The Morgan fingerprint density at radius 1 is 0.933 bits per heavy atom. The van der Waals surface area contributed by atoms with Crippen LogP contribution in [0, 0.1) is 0 Å². The minimum Gasteiger partial charge on any atom is -0.379 e. The topological polar surface area (TPSA) is 107 Å². The van der Waals surface area contributed by atoms with Gasteiger partial charge in [-0.25, -0.2) is 0 Å². The second kappa shape index (κ2) is 12.0. The predicted molar refractivity (Wildman–Crippen MR) is 110 cm³/mol. The highest BCUT2D eigenvalue weighted by Gasteiger charge is 2.23. The molecule has 1 aromatic carbocycles. The van der Waals surface area contributed by atoms with Crippen LogP contribution in [0.5, 0.6) is 0 Å². The maximum Gasteiger partial charge on any atom is 0.253 e. The molecule has 1 aromatic rings. The molecule has 2 aliphatic heterocycles. The van der Waals surface area contributed by atoms with Crippen LogP contribution in [-0.2, 0) is 18.9 Å². The summed E-state index contributed by atoms with van der Waals surface area (Å²) in [7, 11) is 0. The van der Waals surface area contributed by atoms with Gasteiger partial charge >= 0.3 is 0 Å². The second-order valence-corrected chi connectivity index (χ2v) is 7.71. The van der Waals surface area contributed by atoms with Gasteiger partial charge in [0, 0.05) is 37.4 Å². The van der Waals surface area contributed by atoms with Crippen LogP contribution in [0.2, 0.25) is 0 Å². The Morgan fingerprint density at radius 3 is 1.97 bits per heavy atom. The fraction of sp³-hybridized carbons (Fsp3) is 0.636. The Kier molecular flexibility index (Phi) is 9.07. The second-order valence-electron chi connectivity index (χ2n) is 7.71. The molecule has 2 aliphatic rings. The first-order valence-electron chi connectivity index (χ1n) is 10.7. The lowest BCUT2D eigenvalue weighted by Crippen LogP contribution is -2.33. The van der Waals surface area contributed by atoms with Crippen LogP contribution in [0.3, 0.4) is 0 Å². The van der Waals surface area contributed by atoms with Crippen molar-refractivity contribution in [2.45, 2.75) is 37.9 Å². The molecular weight excluding hydrogens is 388 g/mol. The number of ether oxygens (including phenoxy) is 4. The van der Waals surface area contributed by atoms with Crippen molar-refractivity contribution in [1.29, 1.82) is 0 Å². The molecule has 0 saturated carbocycles. The molecule has 2 atom stereocenters. The highest BCUT2D eigenvalue weighted by Crippen LogP contribution is 2.12. The van der Waals surface area contributed by atoms with E-state index >= 15 is 0 Å². The number of hydrogen-bond acceptors (Lipinski definition) is 6. The van der Waals surface area contributed by atoms with Crippen LogP contribution in [-0.4, -0.2) is 81.7 Å². The number of epoxide rings is 2.